The third kappa shape index (κ3) is 1.98. The molecule has 0 radical (unpaired) electrons. The molecule has 1 atom stereocenters. The second-order valence-electron chi connectivity index (χ2n) is 5.67. The summed E-state index contributed by atoms with van der Waals surface area (Å²) < 4.78 is 0. The van der Waals surface area contributed by atoms with E-state index >= 15 is 0 Å². The molecular weight excluding hydrogens is 278 g/mol. The molecule has 3 N–H and O–H groups in total. The summed E-state index contributed by atoms with van der Waals surface area (Å²) in [6, 6.07) is 15.3. The number of nitrogens with zero attached hydrogens (tertiary/aromatic N) is 1. The van der Waals surface area contributed by atoms with Crippen molar-refractivity contribution in [2.75, 3.05) is 6.54 Å². The summed E-state index contributed by atoms with van der Waals surface area (Å²) in [5, 5.41) is 14.5. The van der Waals surface area contributed by atoms with Gasteiger partial charge in [-0.2, -0.15) is 0 Å². The van der Waals surface area contributed by atoms with E-state index in [1.54, 1.807) is 18.2 Å². The van der Waals surface area contributed by atoms with E-state index < -0.39 is 0 Å². The van der Waals surface area contributed by atoms with Gasteiger partial charge in [-0.3, -0.25) is 10.1 Å². The molecule has 5 nitrogen and oxygen atoms in total. The van der Waals surface area contributed by atoms with Gasteiger partial charge in [-0.05, 0) is 11.6 Å². The van der Waals surface area contributed by atoms with Gasteiger partial charge in [0.25, 0.3) is 5.69 Å². The lowest BCUT2D eigenvalue weighted by molar-refractivity contribution is -0.690. The Hall–Kier alpha value is -2.66. The second-order valence-corrected chi connectivity index (χ2v) is 5.67. The fourth-order valence-electron chi connectivity index (χ4n) is 3.40. The molecule has 1 aliphatic heterocycles. The Balaban J connectivity index is 1.85. The van der Waals surface area contributed by atoms with Crippen LogP contribution in [-0.4, -0.2) is 16.5 Å². The van der Waals surface area contributed by atoms with Crippen LogP contribution >= 0.6 is 0 Å². The molecule has 1 aliphatic rings. The molecule has 4 rings (SSSR count). The fraction of sp³-hybridized carbons (Fsp3) is 0.176. The maximum absolute atomic E-state index is 11.0. The monoisotopic (exact) mass is 294 g/mol. The van der Waals surface area contributed by atoms with Crippen molar-refractivity contribution in [3.63, 3.8) is 0 Å². The van der Waals surface area contributed by atoms with Gasteiger partial charge in [-0.25, -0.2) is 0 Å². The van der Waals surface area contributed by atoms with Crippen molar-refractivity contribution >= 4 is 16.6 Å². The molecule has 0 saturated heterocycles. The Morgan fingerprint density at radius 2 is 2.05 bits per heavy atom. The number of nitrogens with one attached hydrogen (secondary N) is 1. The molecule has 3 aromatic rings. The van der Waals surface area contributed by atoms with E-state index in [2.05, 4.69) is 28.5 Å². The van der Waals surface area contributed by atoms with Gasteiger partial charge >= 0.3 is 0 Å². The number of nitrogens with two attached hydrogens (primary N) is 1. The molecule has 0 spiro atoms. The van der Waals surface area contributed by atoms with Crippen molar-refractivity contribution in [2.24, 2.45) is 0 Å². The van der Waals surface area contributed by atoms with Gasteiger partial charge in [0.15, 0.2) is 6.04 Å². The van der Waals surface area contributed by atoms with E-state index in [9.17, 15) is 10.1 Å². The second kappa shape index (κ2) is 4.96. The zero-order chi connectivity index (χ0) is 15.1. The number of hydrogen-bond acceptors (Lipinski definition) is 2. The molecule has 0 aliphatic carbocycles. The fourth-order valence-corrected chi connectivity index (χ4v) is 3.40. The number of nitro benzene ring substituents is 1. The standard InChI is InChI=1S/C17H15N3O2/c21-20(22)12-5-3-4-11(10-12)16-17-14(8-9-18-16)13-6-1-2-7-15(13)19-17/h1-7,10,16,18-19H,8-9H2/p+1/t16-/m1/s1. The SMILES string of the molecule is O=[N+]([O-])c1cccc([C@H]2[NH2+]CCc3c2[nH]c2ccccc32)c1. The van der Waals surface area contributed by atoms with Crippen molar-refractivity contribution in [2.45, 2.75) is 12.5 Å². The zero-order valence-electron chi connectivity index (χ0n) is 12.0. The predicted octanol–water partition coefficient (Wildman–Crippen LogP) is 2.29. The Labute approximate surface area is 127 Å². The van der Waals surface area contributed by atoms with Crippen LogP contribution < -0.4 is 5.32 Å². The average Bonchev–Trinajstić information content (AvgIpc) is 2.93. The molecule has 0 saturated carbocycles. The number of H-pyrrole nitrogens is 1. The number of nitro groups is 1. The predicted molar refractivity (Wildman–Crippen MR) is 83.7 cm³/mol. The van der Waals surface area contributed by atoms with E-state index in [4.69, 9.17) is 0 Å². The van der Waals surface area contributed by atoms with Crippen LogP contribution in [0.25, 0.3) is 10.9 Å². The number of benzene rings is 2. The van der Waals surface area contributed by atoms with E-state index in [1.165, 1.54) is 16.6 Å². The van der Waals surface area contributed by atoms with Crippen LogP contribution in [0.3, 0.4) is 0 Å². The van der Waals surface area contributed by atoms with Crippen LogP contribution in [0.1, 0.15) is 22.9 Å². The summed E-state index contributed by atoms with van der Waals surface area (Å²) in [7, 11) is 0. The maximum Gasteiger partial charge on any atom is 0.269 e. The van der Waals surface area contributed by atoms with Crippen molar-refractivity contribution in [1.82, 2.24) is 4.98 Å². The summed E-state index contributed by atoms with van der Waals surface area (Å²) in [5.41, 5.74) is 4.77. The summed E-state index contributed by atoms with van der Waals surface area (Å²) in [6.07, 6.45) is 1.02. The molecule has 0 fully saturated rings. The van der Waals surface area contributed by atoms with Gasteiger partial charge in [-0.1, -0.05) is 30.3 Å². The number of non-ortho nitro benzene ring substituents is 1. The molecule has 5 heteroatoms. The third-order valence-corrected chi connectivity index (χ3v) is 4.39. The molecule has 110 valence electrons. The van der Waals surface area contributed by atoms with E-state index in [0.29, 0.717) is 0 Å². The first-order valence-electron chi connectivity index (χ1n) is 7.41. The Morgan fingerprint density at radius 3 is 2.91 bits per heavy atom. The Kier molecular flexibility index (Phi) is 2.94. The topological polar surface area (TPSA) is 75.5 Å². The Morgan fingerprint density at radius 1 is 1.18 bits per heavy atom. The number of aromatic amines is 1. The first-order valence-corrected chi connectivity index (χ1v) is 7.41. The highest BCUT2D eigenvalue weighted by Crippen LogP contribution is 2.31. The highest BCUT2D eigenvalue weighted by atomic mass is 16.6. The first kappa shape index (κ1) is 13.0. The molecular formula is C17H16N3O2+. The van der Waals surface area contributed by atoms with Crippen molar-refractivity contribution in [3.05, 3.63) is 75.5 Å². The van der Waals surface area contributed by atoms with Crippen LogP contribution in [0.15, 0.2) is 48.5 Å². The summed E-state index contributed by atoms with van der Waals surface area (Å²) in [6.45, 7) is 0.988. The van der Waals surface area contributed by atoms with Crippen LogP contribution in [0.2, 0.25) is 0 Å². The molecule has 22 heavy (non-hydrogen) atoms. The van der Waals surface area contributed by atoms with E-state index in [0.717, 1.165) is 24.0 Å². The highest BCUT2D eigenvalue weighted by Gasteiger charge is 2.29. The maximum atomic E-state index is 11.0. The van der Waals surface area contributed by atoms with Crippen LogP contribution in [0, 0.1) is 10.1 Å². The largest absolute Gasteiger partial charge is 0.353 e. The number of hydrogen-bond donors (Lipinski definition) is 2. The molecule has 2 aromatic carbocycles. The van der Waals surface area contributed by atoms with Gasteiger partial charge in [0.1, 0.15) is 0 Å². The van der Waals surface area contributed by atoms with Crippen molar-refractivity contribution < 1.29 is 10.2 Å². The lowest BCUT2D eigenvalue weighted by atomic mass is 9.94. The molecule has 1 aromatic heterocycles. The van der Waals surface area contributed by atoms with Crippen molar-refractivity contribution in [1.29, 1.82) is 0 Å². The molecule has 0 unspecified atom stereocenters. The number of para-hydroxylation sites is 1. The summed E-state index contributed by atoms with van der Waals surface area (Å²) >= 11 is 0. The highest BCUT2D eigenvalue weighted by molar-refractivity contribution is 5.85. The van der Waals surface area contributed by atoms with Crippen LogP contribution in [0.4, 0.5) is 5.69 Å². The zero-order valence-corrected chi connectivity index (χ0v) is 12.0. The minimum Gasteiger partial charge on any atom is -0.353 e. The van der Waals surface area contributed by atoms with Gasteiger partial charge in [0, 0.05) is 35.0 Å². The number of fused-ring (bicyclic) bond motifs is 3. The van der Waals surface area contributed by atoms with Crippen LogP contribution in [-0.2, 0) is 6.42 Å². The summed E-state index contributed by atoms with van der Waals surface area (Å²) in [5.74, 6) is 0. The van der Waals surface area contributed by atoms with Gasteiger partial charge in [0.05, 0.1) is 17.2 Å². The minimum absolute atomic E-state index is 0.0936. The normalized spacial score (nSPS) is 17.4. The summed E-state index contributed by atoms with van der Waals surface area (Å²) in [4.78, 5) is 14.2. The molecule has 0 amide bonds. The van der Waals surface area contributed by atoms with Gasteiger partial charge in [0.2, 0.25) is 0 Å². The van der Waals surface area contributed by atoms with Crippen molar-refractivity contribution in [3.8, 4) is 0 Å². The van der Waals surface area contributed by atoms with Gasteiger partial charge < -0.3 is 10.3 Å². The van der Waals surface area contributed by atoms with E-state index in [1.807, 2.05) is 12.1 Å². The number of quaternary nitrogens is 1. The lowest BCUT2D eigenvalue weighted by Gasteiger charge is -2.21. The third-order valence-electron chi connectivity index (χ3n) is 4.39. The first-order chi connectivity index (χ1) is 10.7. The molecule has 2 heterocycles. The minimum atomic E-state index is -0.335. The number of rotatable bonds is 2. The Bertz CT molecular complexity index is 869. The lowest BCUT2D eigenvalue weighted by Crippen LogP contribution is -2.87. The van der Waals surface area contributed by atoms with E-state index in [-0.39, 0.29) is 16.7 Å². The van der Waals surface area contributed by atoms with Crippen LogP contribution in [0.5, 0.6) is 0 Å². The van der Waals surface area contributed by atoms with Gasteiger partial charge in [-0.15, -0.1) is 0 Å². The average molecular weight is 294 g/mol. The number of aromatic nitrogens is 1. The quantitative estimate of drug-likeness (QED) is 0.562. The molecule has 0 bridgehead atoms. The smallest absolute Gasteiger partial charge is 0.269 e.